The zero-order chi connectivity index (χ0) is 17.1. The van der Waals surface area contributed by atoms with Gasteiger partial charge in [0.1, 0.15) is 0 Å². The predicted molar refractivity (Wildman–Crippen MR) is 94.9 cm³/mol. The number of hydrogen-bond donors (Lipinski definition) is 0. The maximum Gasteiger partial charge on any atom is 0.214 e. The number of ketones is 1. The number of Topliss-reactive ketones (excluding diaryl/α,β-unsaturated/α-hetero) is 1. The molecule has 0 amide bonds. The van der Waals surface area contributed by atoms with Crippen molar-refractivity contribution in [3.05, 3.63) is 64.7 Å². The number of para-hydroxylation sites is 1. The second-order valence-corrected chi connectivity index (χ2v) is 6.64. The van der Waals surface area contributed by atoms with Crippen molar-refractivity contribution >= 4 is 17.5 Å². The Kier molecular flexibility index (Phi) is 4.76. The molecule has 0 atom stereocenters. The SMILES string of the molecule is Cc1cc(C)c(C(=O)CSc2nnnn2-c2ccccc2)c(C)c1. The molecule has 0 radical (unpaired) electrons. The van der Waals surface area contributed by atoms with Crippen LogP contribution in [0.5, 0.6) is 0 Å². The van der Waals surface area contributed by atoms with E-state index >= 15 is 0 Å². The molecule has 2 aromatic carbocycles. The topological polar surface area (TPSA) is 60.7 Å². The highest BCUT2D eigenvalue weighted by molar-refractivity contribution is 7.99. The highest BCUT2D eigenvalue weighted by Crippen LogP contribution is 2.22. The molecule has 0 N–H and O–H groups in total. The molecule has 3 aromatic rings. The Balaban J connectivity index is 1.78. The van der Waals surface area contributed by atoms with E-state index < -0.39 is 0 Å². The van der Waals surface area contributed by atoms with Gasteiger partial charge in [0.25, 0.3) is 0 Å². The number of nitrogens with zero attached hydrogens (tertiary/aromatic N) is 4. The minimum atomic E-state index is 0.0950. The van der Waals surface area contributed by atoms with E-state index in [1.807, 2.05) is 63.2 Å². The number of rotatable bonds is 5. The maximum atomic E-state index is 12.6. The van der Waals surface area contributed by atoms with Crippen LogP contribution in [-0.2, 0) is 0 Å². The van der Waals surface area contributed by atoms with Gasteiger partial charge >= 0.3 is 0 Å². The number of benzene rings is 2. The summed E-state index contributed by atoms with van der Waals surface area (Å²) in [7, 11) is 0. The fourth-order valence-corrected chi connectivity index (χ4v) is 3.59. The first-order valence-corrected chi connectivity index (χ1v) is 8.62. The second-order valence-electron chi connectivity index (χ2n) is 5.69. The van der Waals surface area contributed by atoms with Gasteiger partial charge in [-0.25, -0.2) is 0 Å². The van der Waals surface area contributed by atoms with E-state index in [0.717, 1.165) is 22.4 Å². The normalized spacial score (nSPS) is 10.8. The minimum Gasteiger partial charge on any atom is -0.293 e. The van der Waals surface area contributed by atoms with Crippen molar-refractivity contribution in [3.8, 4) is 5.69 Å². The number of carbonyl (C=O) groups excluding carboxylic acids is 1. The molecule has 24 heavy (non-hydrogen) atoms. The third kappa shape index (κ3) is 3.38. The third-order valence-electron chi connectivity index (χ3n) is 3.73. The number of hydrogen-bond acceptors (Lipinski definition) is 5. The molecule has 0 saturated carbocycles. The van der Waals surface area contributed by atoms with Crippen LogP contribution in [0.4, 0.5) is 0 Å². The zero-order valence-electron chi connectivity index (χ0n) is 13.9. The van der Waals surface area contributed by atoms with Gasteiger partial charge in [-0.05, 0) is 54.5 Å². The average molecular weight is 338 g/mol. The summed E-state index contributed by atoms with van der Waals surface area (Å²) in [4.78, 5) is 12.6. The predicted octanol–water partition coefficient (Wildman–Crippen LogP) is 3.56. The Morgan fingerprint density at radius 2 is 1.75 bits per heavy atom. The minimum absolute atomic E-state index is 0.0950. The Bertz CT molecular complexity index is 851. The smallest absolute Gasteiger partial charge is 0.214 e. The van der Waals surface area contributed by atoms with Crippen LogP contribution in [0.3, 0.4) is 0 Å². The van der Waals surface area contributed by atoms with Crippen molar-refractivity contribution in [2.45, 2.75) is 25.9 Å². The maximum absolute atomic E-state index is 12.6. The van der Waals surface area contributed by atoms with Gasteiger partial charge in [-0.3, -0.25) is 4.79 Å². The summed E-state index contributed by atoms with van der Waals surface area (Å²) in [6.07, 6.45) is 0. The lowest BCUT2D eigenvalue weighted by Crippen LogP contribution is -2.09. The molecule has 0 fully saturated rings. The van der Waals surface area contributed by atoms with Gasteiger partial charge < -0.3 is 0 Å². The van der Waals surface area contributed by atoms with Crippen LogP contribution in [0.15, 0.2) is 47.6 Å². The Hall–Kier alpha value is -2.47. The van der Waals surface area contributed by atoms with Crippen molar-refractivity contribution in [2.24, 2.45) is 0 Å². The lowest BCUT2D eigenvalue weighted by Gasteiger charge is -2.10. The van der Waals surface area contributed by atoms with Crippen LogP contribution in [0.2, 0.25) is 0 Å². The molecule has 3 rings (SSSR count). The van der Waals surface area contributed by atoms with E-state index in [9.17, 15) is 4.79 Å². The van der Waals surface area contributed by atoms with Crippen molar-refractivity contribution in [1.82, 2.24) is 20.2 Å². The van der Waals surface area contributed by atoms with E-state index in [1.165, 1.54) is 17.3 Å². The van der Waals surface area contributed by atoms with E-state index in [1.54, 1.807) is 4.68 Å². The Morgan fingerprint density at radius 3 is 2.42 bits per heavy atom. The number of tetrazole rings is 1. The molecule has 0 bridgehead atoms. The van der Waals surface area contributed by atoms with Crippen LogP contribution < -0.4 is 0 Å². The summed E-state index contributed by atoms with van der Waals surface area (Å²) in [6, 6.07) is 13.7. The molecule has 0 aliphatic rings. The van der Waals surface area contributed by atoms with E-state index in [2.05, 4.69) is 15.5 Å². The first-order valence-electron chi connectivity index (χ1n) is 7.64. The zero-order valence-corrected chi connectivity index (χ0v) is 14.7. The monoisotopic (exact) mass is 338 g/mol. The molecule has 122 valence electrons. The van der Waals surface area contributed by atoms with Gasteiger partial charge in [0.2, 0.25) is 5.16 Å². The summed E-state index contributed by atoms with van der Waals surface area (Å²) >= 11 is 1.35. The van der Waals surface area contributed by atoms with Crippen LogP contribution >= 0.6 is 11.8 Å². The van der Waals surface area contributed by atoms with Gasteiger partial charge in [-0.15, -0.1) is 5.10 Å². The molecule has 0 aliphatic carbocycles. The fraction of sp³-hybridized carbons (Fsp3) is 0.222. The average Bonchev–Trinajstić information content (AvgIpc) is 3.01. The number of aryl methyl sites for hydroxylation is 3. The van der Waals surface area contributed by atoms with Crippen LogP contribution in [0.25, 0.3) is 5.69 Å². The first kappa shape index (κ1) is 16.4. The van der Waals surface area contributed by atoms with Crippen LogP contribution in [-0.4, -0.2) is 31.7 Å². The van der Waals surface area contributed by atoms with Gasteiger partial charge in [-0.2, -0.15) is 4.68 Å². The fourth-order valence-electron chi connectivity index (χ4n) is 2.82. The second kappa shape index (κ2) is 6.97. The summed E-state index contributed by atoms with van der Waals surface area (Å²) < 4.78 is 1.65. The van der Waals surface area contributed by atoms with E-state index in [-0.39, 0.29) is 5.78 Å². The molecule has 1 aromatic heterocycles. The summed E-state index contributed by atoms with van der Waals surface area (Å²) in [5.41, 5.74) is 4.87. The number of aromatic nitrogens is 4. The third-order valence-corrected chi connectivity index (χ3v) is 4.65. The van der Waals surface area contributed by atoms with E-state index in [0.29, 0.717) is 10.9 Å². The number of carbonyl (C=O) groups is 1. The Morgan fingerprint density at radius 1 is 1.08 bits per heavy atom. The van der Waals surface area contributed by atoms with Crippen molar-refractivity contribution in [3.63, 3.8) is 0 Å². The summed E-state index contributed by atoms with van der Waals surface area (Å²) in [5.74, 6) is 0.399. The Labute approximate surface area is 145 Å². The van der Waals surface area contributed by atoms with Crippen molar-refractivity contribution in [1.29, 1.82) is 0 Å². The first-order chi connectivity index (χ1) is 11.6. The lowest BCUT2D eigenvalue weighted by atomic mass is 9.97. The van der Waals surface area contributed by atoms with Crippen molar-refractivity contribution < 1.29 is 4.79 Å². The van der Waals surface area contributed by atoms with Gasteiger partial charge in [0.15, 0.2) is 5.78 Å². The lowest BCUT2D eigenvalue weighted by molar-refractivity contribution is 0.102. The molecule has 0 spiro atoms. The summed E-state index contributed by atoms with van der Waals surface area (Å²) in [6.45, 7) is 5.99. The summed E-state index contributed by atoms with van der Waals surface area (Å²) in [5, 5.41) is 12.4. The molecule has 0 saturated heterocycles. The van der Waals surface area contributed by atoms with E-state index in [4.69, 9.17) is 0 Å². The van der Waals surface area contributed by atoms with Crippen LogP contribution in [0, 0.1) is 20.8 Å². The molecule has 1 heterocycles. The molecule has 6 heteroatoms. The number of thioether (sulfide) groups is 1. The highest BCUT2D eigenvalue weighted by atomic mass is 32.2. The molecule has 0 aliphatic heterocycles. The molecule has 5 nitrogen and oxygen atoms in total. The molecular weight excluding hydrogens is 320 g/mol. The molecule has 0 unspecified atom stereocenters. The molecular formula is C18H18N4OS. The van der Waals surface area contributed by atoms with Crippen LogP contribution in [0.1, 0.15) is 27.0 Å². The van der Waals surface area contributed by atoms with Crippen molar-refractivity contribution in [2.75, 3.05) is 5.75 Å². The van der Waals surface area contributed by atoms with Gasteiger partial charge in [0, 0.05) is 5.56 Å². The quantitative estimate of drug-likeness (QED) is 0.526. The standard InChI is InChI=1S/C18H18N4OS/c1-12-9-13(2)17(14(3)10-12)16(23)11-24-18-19-20-21-22(18)15-7-5-4-6-8-15/h4-10H,11H2,1-3H3. The largest absolute Gasteiger partial charge is 0.293 e. The van der Waals surface area contributed by atoms with Gasteiger partial charge in [-0.1, -0.05) is 47.7 Å². The van der Waals surface area contributed by atoms with Gasteiger partial charge in [0.05, 0.1) is 11.4 Å². The highest BCUT2D eigenvalue weighted by Gasteiger charge is 2.16.